The molecule has 0 saturated carbocycles. The van der Waals surface area contributed by atoms with Gasteiger partial charge in [-0.05, 0) is 121 Å². The predicted octanol–water partition coefficient (Wildman–Crippen LogP) is 16.5. The van der Waals surface area contributed by atoms with Crippen molar-refractivity contribution in [2.75, 3.05) is 4.90 Å². The Bertz CT molecular complexity index is 3200. The third-order valence-corrected chi connectivity index (χ3v) is 13.6. The summed E-state index contributed by atoms with van der Waals surface area (Å²) in [5.74, 6) is 0. The van der Waals surface area contributed by atoms with E-state index in [-0.39, 0.29) is 0 Å². The zero-order chi connectivity index (χ0) is 40.9. The van der Waals surface area contributed by atoms with Crippen LogP contribution < -0.4 is 4.90 Å². The highest BCUT2D eigenvalue weighted by Crippen LogP contribution is 2.57. The molecule has 0 fully saturated rings. The highest BCUT2D eigenvalue weighted by molar-refractivity contribution is 7.25. The summed E-state index contributed by atoms with van der Waals surface area (Å²) in [7, 11) is 0. The molecule has 1 aromatic heterocycles. The van der Waals surface area contributed by atoms with E-state index < -0.39 is 5.41 Å². The minimum Gasteiger partial charge on any atom is -0.310 e. The lowest BCUT2D eigenvalue weighted by atomic mass is 9.67. The Labute approximate surface area is 361 Å². The quantitative estimate of drug-likeness (QED) is 0.141. The van der Waals surface area contributed by atoms with Crippen molar-refractivity contribution in [1.82, 2.24) is 0 Å². The van der Waals surface area contributed by atoms with Gasteiger partial charge >= 0.3 is 0 Å². The average Bonchev–Trinajstić information content (AvgIpc) is 3.85. The molecule has 61 heavy (non-hydrogen) atoms. The van der Waals surface area contributed by atoms with E-state index in [1.54, 1.807) is 0 Å². The monoisotopic (exact) mass is 795 g/mol. The van der Waals surface area contributed by atoms with E-state index in [1.165, 1.54) is 75.8 Å². The van der Waals surface area contributed by atoms with Crippen LogP contribution in [0.1, 0.15) is 33.4 Å². The van der Waals surface area contributed by atoms with E-state index in [0.29, 0.717) is 0 Å². The summed E-state index contributed by atoms with van der Waals surface area (Å²) in [4.78, 5) is 2.43. The van der Waals surface area contributed by atoms with Gasteiger partial charge in [0.2, 0.25) is 0 Å². The second-order valence-corrected chi connectivity index (χ2v) is 16.9. The smallest absolute Gasteiger partial charge is 0.0713 e. The summed E-state index contributed by atoms with van der Waals surface area (Å²) in [6, 6.07) is 78.1. The molecule has 0 amide bonds. The largest absolute Gasteiger partial charge is 0.310 e. The number of nitrogens with zero attached hydrogens (tertiary/aromatic N) is 1. The number of thiophene rings is 1. The molecule has 0 aliphatic heterocycles. The molecular formula is C59H41NS. The molecule has 0 saturated heterocycles. The van der Waals surface area contributed by atoms with Crippen LogP contribution in [0.5, 0.6) is 0 Å². The van der Waals surface area contributed by atoms with Gasteiger partial charge in [-0.2, -0.15) is 0 Å². The Hall–Kier alpha value is -7.52. The first-order chi connectivity index (χ1) is 30.1. The molecule has 288 valence electrons. The topological polar surface area (TPSA) is 3.24 Å². The zero-order valence-corrected chi connectivity index (χ0v) is 34.4. The van der Waals surface area contributed by atoms with Crippen LogP contribution in [0.15, 0.2) is 225 Å². The molecule has 10 aromatic rings. The van der Waals surface area contributed by atoms with Gasteiger partial charge in [-0.25, -0.2) is 0 Å². The van der Waals surface area contributed by atoms with Crippen molar-refractivity contribution >= 4 is 60.7 Å². The van der Waals surface area contributed by atoms with Crippen molar-refractivity contribution in [3.8, 4) is 33.4 Å². The van der Waals surface area contributed by atoms with E-state index in [9.17, 15) is 0 Å². The van der Waals surface area contributed by atoms with E-state index in [0.717, 1.165) is 28.2 Å². The number of hydrogen-bond donors (Lipinski definition) is 0. The summed E-state index contributed by atoms with van der Waals surface area (Å²) in [5, 5.41) is 2.54. The molecule has 0 N–H and O–H groups in total. The van der Waals surface area contributed by atoms with Gasteiger partial charge in [-0.15, -0.1) is 11.3 Å². The summed E-state index contributed by atoms with van der Waals surface area (Å²) in [5.41, 5.74) is 17.3. The van der Waals surface area contributed by atoms with Gasteiger partial charge in [0.25, 0.3) is 0 Å². The Morgan fingerprint density at radius 2 is 0.852 bits per heavy atom. The summed E-state index contributed by atoms with van der Waals surface area (Å²) in [6.07, 6.45) is 3.83. The molecule has 1 heterocycles. The molecule has 2 heteroatoms. The van der Waals surface area contributed by atoms with Crippen molar-refractivity contribution in [2.24, 2.45) is 0 Å². The minimum absolute atomic E-state index is 0.531. The third-order valence-electron chi connectivity index (χ3n) is 12.5. The van der Waals surface area contributed by atoms with Crippen LogP contribution in [-0.4, -0.2) is 0 Å². The molecule has 0 unspecified atom stereocenters. The Balaban J connectivity index is 1.12. The fourth-order valence-corrected chi connectivity index (χ4v) is 10.6. The van der Waals surface area contributed by atoms with E-state index in [4.69, 9.17) is 0 Å². The van der Waals surface area contributed by atoms with Crippen LogP contribution in [0.2, 0.25) is 0 Å². The molecule has 1 aliphatic rings. The molecule has 0 bridgehead atoms. The summed E-state index contributed by atoms with van der Waals surface area (Å²) < 4.78 is 2.57. The van der Waals surface area contributed by atoms with E-state index in [1.807, 2.05) is 23.5 Å². The number of hydrogen-bond acceptors (Lipinski definition) is 2. The fraction of sp³-hybridized carbons (Fsp3) is 0.0169. The standard InChI is InChI=1S/C59H41NS/c1-3-40-19-26-46(27-20-40)59(47-28-21-41(4-2)22-29-47)55-18-12-11-17-51(55)52-38-49(32-34-56(52)59)60(48-30-23-44(24-31-48)42-13-7-5-8-14-42)50-33-36-58-54(39-50)53-37-45(25-35-57(53)61-58)43-15-9-6-10-16-43/h3-39H,1-2H2. The molecule has 1 nitrogen and oxygen atoms in total. The first-order valence-electron chi connectivity index (χ1n) is 20.8. The molecular weight excluding hydrogens is 755 g/mol. The third kappa shape index (κ3) is 6.07. The summed E-state index contributed by atoms with van der Waals surface area (Å²) >= 11 is 1.86. The van der Waals surface area contributed by atoms with Crippen LogP contribution in [-0.2, 0) is 5.41 Å². The minimum atomic E-state index is -0.531. The van der Waals surface area contributed by atoms with E-state index in [2.05, 4.69) is 230 Å². The predicted molar refractivity (Wildman–Crippen MR) is 262 cm³/mol. The van der Waals surface area contributed by atoms with Crippen molar-refractivity contribution in [2.45, 2.75) is 5.41 Å². The van der Waals surface area contributed by atoms with Gasteiger partial charge in [-0.1, -0.05) is 183 Å². The second kappa shape index (κ2) is 14.9. The van der Waals surface area contributed by atoms with Gasteiger partial charge in [0, 0.05) is 37.2 Å². The normalized spacial score (nSPS) is 12.5. The molecule has 0 spiro atoms. The van der Waals surface area contributed by atoms with Crippen molar-refractivity contribution in [1.29, 1.82) is 0 Å². The Kier molecular flexibility index (Phi) is 8.95. The Morgan fingerprint density at radius 3 is 1.49 bits per heavy atom. The number of rotatable bonds is 9. The van der Waals surface area contributed by atoms with Crippen molar-refractivity contribution in [3.63, 3.8) is 0 Å². The lowest BCUT2D eigenvalue weighted by Crippen LogP contribution is -2.28. The first kappa shape index (κ1) is 36.6. The molecule has 11 rings (SSSR count). The summed E-state index contributed by atoms with van der Waals surface area (Å²) in [6.45, 7) is 8.10. The zero-order valence-electron chi connectivity index (χ0n) is 33.6. The van der Waals surface area contributed by atoms with Gasteiger partial charge in [0.15, 0.2) is 0 Å². The molecule has 0 radical (unpaired) electrons. The maximum atomic E-state index is 4.05. The van der Waals surface area contributed by atoms with Gasteiger partial charge in [-0.3, -0.25) is 0 Å². The number of fused-ring (bicyclic) bond motifs is 6. The number of anilines is 3. The fourth-order valence-electron chi connectivity index (χ4n) is 9.53. The average molecular weight is 796 g/mol. The van der Waals surface area contributed by atoms with Gasteiger partial charge < -0.3 is 4.90 Å². The highest BCUT2D eigenvalue weighted by atomic mass is 32.1. The van der Waals surface area contributed by atoms with Crippen LogP contribution in [0.4, 0.5) is 17.1 Å². The molecule has 1 aliphatic carbocycles. The molecule has 0 atom stereocenters. The second-order valence-electron chi connectivity index (χ2n) is 15.8. The molecule has 9 aromatic carbocycles. The lowest BCUT2D eigenvalue weighted by molar-refractivity contribution is 0.768. The lowest BCUT2D eigenvalue weighted by Gasteiger charge is -2.34. The number of benzene rings is 9. The first-order valence-corrected chi connectivity index (χ1v) is 21.6. The maximum Gasteiger partial charge on any atom is 0.0713 e. The van der Waals surface area contributed by atoms with Crippen molar-refractivity contribution in [3.05, 3.63) is 259 Å². The Morgan fingerprint density at radius 1 is 0.377 bits per heavy atom. The SMILES string of the molecule is C=Cc1ccc(C2(c3ccc(C=C)cc3)c3ccccc3-c3cc(N(c4ccc(-c5ccccc5)cc4)c4ccc5sc6ccc(-c7ccccc7)cc6c5c4)ccc32)cc1. The maximum absolute atomic E-state index is 4.05. The van der Waals surface area contributed by atoms with E-state index >= 15 is 0 Å². The highest BCUT2D eigenvalue weighted by Gasteiger charge is 2.46. The van der Waals surface area contributed by atoms with Crippen molar-refractivity contribution < 1.29 is 0 Å². The van der Waals surface area contributed by atoms with Crippen LogP contribution >= 0.6 is 11.3 Å². The van der Waals surface area contributed by atoms with Crippen LogP contribution in [0, 0.1) is 0 Å². The van der Waals surface area contributed by atoms with Gasteiger partial charge in [0.1, 0.15) is 0 Å². The van der Waals surface area contributed by atoms with Gasteiger partial charge in [0.05, 0.1) is 5.41 Å². The van der Waals surface area contributed by atoms with Crippen LogP contribution in [0.3, 0.4) is 0 Å². The van der Waals surface area contributed by atoms with Crippen LogP contribution in [0.25, 0.3) is 65.7 Å².